The molecule has 1 aliphatic heterocycles. The van der Waals surface area contributed by atoms with Crippen molar-refractivity contribution >= 4 is 6.34 Å². The van der Waals surface area contributed by atoms with Gasteiger partial charge in [0.15, 0.2) is 0 Å². The Morgan fingerprint density at radius 2 is 2.08 bits per heavy atom. The second-order valence-electron chi connectivity index (χ2n) is 5.16. The predicted octanol–water partition coefficient (Wildman–Crippen LogP) is 2.55. The van der Waals surface area contributed by atoms with E-state index in [0.29, 0.717) is 0 Å². The van der Waals surface area contributed by atoms with Gasteiger partial charge in [-0.25, -0.2) is 0 Å². The molecule has 0 aliphatic carbocycles. The zero-order valence-corrected chi connectivity index (χ0v) is 9.38. The highest BCUT2D eigenvalue weighted by Gasteiger charge is 2.14. The van der Waals surface area contributed by atoms with Crippen molar-refractivity contribution in [1.82, 2.24) is 4.90 Å². The lowest BCUT2D eigenvalue weighted by Crippen LogP contribution is -2.34. The first kappa shape index (κ1) is 10.6. The maximum absolute atomic E-state index is 4.52. The largest absolute Gasteiger partial charge is 0.363 e. The zero-order valence-electron chi connectivity index (χ0n) is 9.38. The predicted molar refractivity (Wildman–Crippen MR) is 58.2 cm³/mol. The highest BCUT2D eigenvalue weighted by atomic mass is 15.2. The van der Waals surface area contributed by atoms with Crippen molar-refractivity contribution in [1.29, 1.82) is 0 Å². The second kappa shape index (κ2) is 4.12. The maximum atomic E-state index is 4.52. The number of piperidine rings is 1. The van der Waals surface area contributed by atoms with Gasteiger partial charge in [-0.15, -0.1) is 0 Å². The van der Waals surface area contributed by atoms with Crippen LogP contribution in [-0.4, -0.2) is 29.9 Å². The van der Waals surface area contributed by atoms with E-state index in [-0.39, 0.29) is 5.54 Å². The third kappa shape index (κ3) is 4.30. The van der Waals surface area contributed by atoms with Crippen LogP contribution in [0.25, 0.3) is 0 Å². The Morgan fingerprint density at radius 3 is 2.62 bits per heavy atom. The van der Waals surface area contributed by atoms with E-state index in [1.165, 1.54) is 25.9 Å². The molecule has 0 N–H and O–H groups in total. The Balaban J connectivity index is 2.40. The van der Waals surface area contributed by atoms with Crippen LogP contribution in [0.3, 0.4) is 0 Å². The standard InChI is InChI=1S/C11H22N2/c1-10-6-5-7-13(8-10)9-12-11(2,3)4/h9-10H,5-8H2,1-4H3/t10-/m0/s1. The second-order valence-corrected chi connectivity index (χ2v) is 5.16. The molecule has 0 saturated carbocycles. The van der Waals surface area contributed by atoms with E-state index in [9.17, 15) is 0 Å². The molecule has 0 aromatic carbocycles. The highest BCUT2D eigenvalue weighted by Crippen LogP contribution is 2.14. The van der Waals surface area contributed by atoms with Gasteiger partial charge in [0.25, 0.3) is 0 Å². The molecular formula is C11H22N2. The summed E-state index contributed by atoms with van der Waals surface area (Å²) in [6, 6.07) is 0. The average molecular weight is 182 g/mol. The molecule has 1 saturated heterocycles. The number of aliphatic imine (C=N–C) groups is 1. The van der Waals surface area contributed by atoms with E-state index in [0.717, 1.165) is 5.92 Å². The molecule has 0 aromatic rings. The number of rotatable bonds is 1. The van der Waals surface area contributed by atoms with Crippen molar-refractivity contribution in [3.63, 3.8) is 0 Å². The lowest BCUT2D eigenvalue weighted by Gasteiger charge is -2.29. The van der Waals surface area contributed by atoms with Gasteiger partial charge in [-0.1, -0.05) is 6.92 Å². The summed E-state index contributed by atoms with van der Waals surface area (Å²) in [4.78, 5) is 6.86. The third-order valence-electron chi connectivity index (χ3n) is 2.30. The SMILES string of the molecule is C[C@H]1CCCN(C=NC(C)(C)C)C1. The van der Waals surface area contributed by atoms with Gasteiger partial charge in [-0.3, -0.25) is 4.99 Å². The van der Waals surface area contributed by atoms with Crippen LogP contribution in [0.2, 0.25) is 0 Å². The molecule has 1 aliphatic rings. The summed E-state index contributed by atoms with van der Waals surface area (Å²) in [5, 5.41) is 0. The summed E-state index contributed by atoms with van der Waals surface area (Å²) < 4.78 is 0. The van der Waals surface area contributed by atoms with Crippen molar-refractivity contribution in [3.8, 4) is 0 Å². The smallest absolute Gasteiger partial charge is 0.0856 e. The van der Waals surface area contributed by atoms with Crippen LogP contribution in [0.4, 0.5) is 0 Å². The Labute approximate surface area is 82.0 Å². The molecule has 76 valence electrons. The van der Waals surface area contributed by atoms with Crippen molar-refractivity contribution < 1.29 is 0 Å². The molecule has 13 heavy (non-hydrogen) atoms. The fourth-order valence-corrected chi connectivity index (χ4v) is 1.59. The lowest BCUT2D eigenvalue weighted by atomic mass is 10.0. The van der Waals surface area contributed by atoms with Gasteiger partial charge in [0.05, 0.1) is 11.9 Å². The van der Waals surface area contributed by atoms with Gasteiger partial charge < -0.3 is 4.90 Å². The molecular weight excluding hydrogens is 160 g/mol. The van der Waals surface area contributed by atoms with Crippen LogP contribution in [0.1, 0.15) is 40.5 Å². The minimum absolute atomic E-state index is 0.0701. The van der Waals surface area contributed by atoms with E-state index in [1.807, 2.05) is 6.34 Å². The zero-order chi connectivity index (χ0) is 9.90. The lowest BCUT2D eigenvalue weighted by molar-refractivity contribution is 0.277. The molecule has 1 heterocycles. The van der Waals surface area contributed by atoms with Gasteiger partial charge in [0.1, 0.15) is 0 Å². The summed E-state index contributed by atoms with van der Waals surface area (Å²) in [6.07, 6.45) is 4.73. The van der Waals surface area contributed by atoms with Gasteiger partial charge >= 0.3 is 0 Å². The van der Waals surface area contributed by atoms with Crippen LogP contribution in [0, 0.1) is 5.92 Å². The van der Waals surface area contributed by atoms with Crippen LogP contribution in [-0.2, 0) is 0 Å². The molecule has 0 bridgehead atoms. The summed E-state index contributed by atoms with van der Waals surface area (Å²) in [5.41, 5.74) is 0.0701. The van der Waals surface area contributed by atoms with E-state index >= 15 is 0 Å². The quantitative estimate of drug-likeness (QED) is 0.449. The molecule has 0 aromatic heterocycles. The Bertz CT molecular complexity index is 179. The summed E-state index contributed by atoms with van der Waals surface area (Å²) >= 11 is 0. The summed E-state index contributed by atoms with van der Waals surface area (Å²) in [6.45, 7) is 11.1. The molecule has 2 heteroatoms. The molecule has 0 unspecified atom stereocenters. The Kier molecular flexibility index (Phi) is 3.34. The van der Waals surface area contributed by atoms with E-state index in [1.54, 1.807) is 0 Å². The topological polar surface area (TPSA) is 15.6 Å². The minimum atomic E-state index is 0.0701. The van der Waals surface area contributed by atoms with Crippen LogP contribution in [0.5, 0.6) is 0 Å². The van der Waals surface area contributed by atoms with Gasteiger partial charge in [-0.05, 0) is 39.5 Å². The minimum Gasteiger partial charge on any atom is -0.363 e. The van der Waals surface area contributed by atoms with Gasteiger partial charge in [0.2, 0.25) is 0 Å². The fourth-order valence-electron chi connectivity index (χ4n) is 1.59. The monoisotopic (exact) mass is 182 g/mol. The van der Waals surface area contributed by atoms with Crippen molar-refractivity contribution in [2.75, 3.05) is 13.1 Å². The average Bonchev–Trinajstić information content (AvgIpc) is 2.00. The summed E-state index contributed by atoms with van der Waals surface area (Å²) in [7, 11) is 0. The Hall–Kier alpha value is -0.530. The highest BCUT2D eigenvalue weighted by molar-refractivity contribution is 5.55. The first-order valence-corrected chi connectivity index (χ1v) is 5.27. The molecule has 2 nitrogen and oxygen atoms in total. The van der Waals surface area contributed by atoms with Crippen LogP contribution >= 0.6 is 0 Å². The molecule has 0 amide bonds. The molecule has 1 rings (SSSR count). The number of hydrogen-bond acceptors (Lipinski definition) is 1. The van der Waals surface area contributed by atoms with E-state index in [2.05, 4.69) is 37.6 Å². The van der Waals surface area contributed by atoms with Crippen molar-refractivity contribution in [2.45, 2.75) is 46.1 Å². The van der Waals surface area contributed by atoms with Crippen molar-refractivity contribution in [3.05, 3.63) is 0 Å². The normalized spacial score (nSPS) is 25.5. The van der Waals surface area contributed by atoms with Gasteiger partial charge in [0, 0.05) is 13.1 Å². The molecule has 0 radical (unpaired) electrons. The Morgan fingerprint density at radius 1 is 1.38 bits per heavy atom. The van der Waals surface area contributed by atoms with E-state index in [4.69, 9.17) is 0 Å². The molecule has 0 spiro atoms. The van der Waals surface area contributed by atoms with Crippen molar-refractivity contribution in [2.24, 2.45) is 10.9 Å². The van der Waals surface area contributed by atoms with Gasteiger partial charge in [-0.2, -0.15) is 0 Å². The fraction of sp³-hybridized carbons (Fsp3) is 0.909. The first-order chi connectivity index (χ1) is 5.97. The summed E-state index contributed by atoms with van der Waals surface area (Å²) in [5.74, 6) is 0.833. The number of likely N-dealkylation sites (tertiary alicyclic amines) is 1. The number of hydrogen-bond donors (Lipinski definition) is 0. The maximum Gasteiger partial charge on any atom is 0.0856 e. The third-order valence-corrected chi connectivity index (χ3v) is 2.30. The molecule has 1 atom stereocenters. The van der Waals surface area contributed by atoms with Crippen LogP contribution in [0.15, 0.2) is 4.99 Å². The van der Waals surface area contributed by atoms with Crippen LogP contribution < -0.4 is 0 Å². The molecule has 1 fully saturated rings. The van der Waals surface area contributed by atoms with E-state index < -0.39 is 0 Å². The number of nitrogens with zero attached hydrogens (tertiary/aromatic N) is 2. The first-order valence-electron chi connectivity index (χ1n) is 5.27.